The minimum absolute atomic E-state index is 0.425. The Labute approximate surface area is 105 Å². The maximum Gasteiger partial charge on any atom is 0.131 e. The van der Waals surface area contributed by atoms with Crippen LogP contribution < -0.4 is 10.5 Å². The molecule has 0 fully saturated rings. The van der Waals surface area contributed by atoms with E-state index in [1.165, 1.54) is 0 Å². The first kappa shape index (κ1) is 12.0. The van der Waals surface area contributed by atoms with Crippen LogP contribution in [0, 0.1) is 6.92 Å². The van der Waals surface area contributed by atoms with Crippen LogP contribution in [-0.2, 0) is 6.54 Å². The highest BCUT2D eigenvalue weighted by atomic mass is 35.5. The highest BCUT2D eigenvalue weighted by Gasteiger charge is 2.13. The molecule has 0 unspecified atom stereocenters. The fourth-order valence-corrected chi connectivity index (χ4v) is 2.07. The SMILES string of the molecule is COc1c(C)cc(Cl)cc1-c1cc(CN)[nH]n1. The number of halogens is 1. The number of benzene rings is 1. The van der Waals surface area contributed by atoms with E-state index in [1.807, 2.05) is 25.1 Å². The molecule has 0 saturated carbocycles. The predicted molar refractivity (Wildman–Crippen MR) is 68.2 cm³/mol. The topological polar surface area (TPSA) is 63.9 Å². The second-order valence-corrected chi connectivity index (χ2v) is 4.22. The minimum Gasteiger partial charge on any atom is -0.496 e. The predicted octanol–water partition coefficient (Wildman–Crippen LogP) is 2.51. The van der Waals surface area contributed by atoms with Crippen LogP contribution in [0.2, 0.25) is 5.02 Å². The number of hydrogen-bond donors (Lipinski definition) is 2. The van der Waals surface area contributed by atoms with Crippen molar-refractivity contribution in [2.24, 2.45) is 5.73 Å². The second-order valence-electron chi connectivity index (χ2n) is 3.79. The Morgan fingerprint density at radius 3 is 2.76 bits per heavy atom. The van der Waals surface area contributed by atoms with E-state index in [0.717, 1.165) is 28.3 Å². The molecule has 0 saturated heterocycles. The smallest absolute Gasteiger partial charge is 0.131 e. The number of aromatic amines is 1. The molecule has 3 N–H and O–H groups in total. The average Bonchev–Trinajstić information content (AvgIpc) is 2.76. The number of nitrogens with one attached hydrogen (secondary N) is 1. The van der Waals surface area contributed by atoms with Gasteiger partial charge in [-0.15, -0.1) is 0 Å². The third kappa shape index (κ3) is 2.28. The summed E-state index contributed by atoms with van der Waals surface area (Å²) in [5, 5.41) is 7.74. The molecule has 2 aromatic rings. The van der Waals surface area contributed by atoms with E-state index in [-0.39, 0.29) is 0 Å². The van der Waals surface area contributed by atoms with Gasteiger partial charge in [0, 0.05) is 22.8 Å². The van der Waals surface area contributed by atoms with Crippen LogP contribution in [0.5, 0.6) is 5.75 Å². The molecule has 4 nitrogen and oxygen atoms in total. The van der Waals surface area contributed by atoms with Crippen LogP contribution in [-0.4, -0.2) is 17.3 Å². The summed E-state index contributed by atoms with van der Waals surface area (Å²) in [5.74, 6) is 0.782. The van der Waals surface area contributed by atoms with Crippen molar-refractivity contribution in [3.8, 4) is 17.0 Å². The lowest BCUT2D eigenvalue weighted by atomic mass is 10.1. The molecule has 17 heavy (non-hydrogen) atoms. The fourth-order valence-electron chi connectivity index (χ4n) is 1.80. The molecule has 0 aliphatic carbocycles. The van der Waals surface area contributed by atoms with E-state index in [9.17, 15) is 0 Å². The summed E-state index contributed by atoms with van der Waals surface area (Å²) in [7, 11) is 1.64. The molecule has 1 aromatic carbocycles. The number of rotatable bonds is 3. The van der Waals surface area contributed by atoms with E-state index in [2.05, 4.69) is 10.2 Å². The van der Waals surface area contributed by atoms with Crippen molar-refractivity contribution in [3.05, 3.63) is 34.5 Å². The van der Waals surface area contributed by atoms with Gasteiger partial charge in [-0.3, -0.25) is 5.10 Å². The number of aryl methyl sites for hydroxylation is 1. The maximum atomic E-state index is 6.05. The molecule has 1 heterocycles. The summed E-state index contributed by atoms with van der Waals surface area (Å²) < 4.78 is 5.38. The molecule has 1 aromatic heterocycles. The number of aromatic nitrogens is 2. The molecule has 0 aliphatic heterocycles. The Morgan fingerprint density at radius 2 is 2.18 bits per heavy atom. The molecule has 90 valence electrons. The largest absolute Gasteiger partial charge is 0.496 e. The highest BCUT2D eigenvalue weighted by molar-refractivity contribution is 6.31. The third-order valence-electron chi connectivity index (χ3n) is 2.57. The van der Waals surface area contributed by atoms with Gasteiger partial charge in [0.25, 0.3) is 0 Å². The quantitative estimate of drug-likeness (QED) is 0.881. The number of nitrogens with two attached hydrogens (primary N) is 1. The van der Waals surface area contributed by atoms with Crippen molar-refractivity contribution in [3.63, 3.8) is 0 Å². The van der Waals surface area contributed by atoms with Crippen LogP contribution >= 0.6 is 11.6 Å². The van der Waals surface area contributed by atoms with Crippen molar-refractivity contribution < 1.29 is 4.74 Å². The van der Waals surface area contributed by atoms with Crippen molar-refractivity contribution in [2.75, 3.05) is 7.11 Å². The Kier molecular flexibility index (Phi) is 3.36. The van der Waals surface area contributed by atoms with Gasteiger partial charge in [0.1, 0.15) is 5.75 Å². The summed E-state index contributed by atoms with van der Waals surface area (Å²) in [6, 6.07) is 5.60. The first-order valence-electron chi connectivity index (χ1n) is 5.24. The normalized spacial score (nSPS) is 10.6. The lowest BCUT2D eigenvalue weighted by molar-refractivity contribution is 0.413. The highest BCUT2D eigenvalue weighted by Crippen LogP contribution is 2.34. The lowest BCUT2D eigenvalue weighted by Gasteiger charge is -2.10. The number of methoxy groups -OCH3 is 1. The molecule has 0 atom stereocenters. The number of hydrogen-bond acceptors (Lipinski definition) is 3. The molecule has 0 spiro atoms. The second kappa shape index (κ2) is 4.77. The minimum atomic E-state index is 0.425. The van der Waals surface area contributed by atoms with Crippen LogP contribution in [0.15, 0.2) is 18.2 Å². The van der Waals surface area contributed by atoms with Gasteiger partial charge in [-0.05, 0) is 30.7 Å². The Hall–Kier alpha value is -1.52. The number of H-pyrrole nitrogens is 1. The van der Waals surface area contributed by atoms with Crippen molar-refractivity contribution in [1.29, 1.82) is 0 Å². The molecular weight excluding hydrogens is 238 g/mol. The van der Waals surface area contributed by atoms with Gasteiger partial charge < -0.3 is 10.5 Å². The van der Waals surface area contributed by atoms with Crippen molar-refractivity contribution in [1.82, 2.24) is 10.2 Å². The van der Waals surface area contributed by atoms with Gasteiger partial charge in [0.15, 0.2) is 0 Å². The van der Waals surface area contributed by atoms with Crippen LogP contribution in [0.1, 0.15) is 11.3 Å². The zero-order chi connectivity index (χ0) is 12.4. The fraction of sp³-hybridized carbons (Fsp3) is 0.250. The molecule has 2 rings (SSSR count). The first-order chi connectivity index (χ1) is 8.15. The van der Waals surface area contributed by atoms with Crippen molar-refractivity contribution in [2.45, 2.75) is 13.5 Å². The summed E-state index contributed by atoms with van der Waals surface area (Å²) in [6.45, 7) is 2.37. The summed E-state index contributed by atoms with van der Waals surface area (Å²) in [6.07, 6.45) is 0. The maximum absolute atomic E-state index is 6.05. The average molecular weight is 252 g/mol. The Bertz CT molecular complexity index is 537. The lowest BCUT2D eigenvalue weighted by Crippen LogP contribution is -1.95. The molecule has 0 aliphatic rings. The van der Waals surface area contributed by atoms with Gasteiger partial charge >= 0.3 is 0 Å². The van der Waals surface area contributed by atoms with E-state index >= 15 is 0 Å². The van der Waals surface area contributed by atoms with E-state index in [4.69, 9.17) is 22.1 Å². The zero-order valence-corrected chi connectivity index (χ0v) is 10.5. The molecule has 0 amide bonds. The van der Waals surface area contributed by atoms with Gasteiger partial charge in [-0.1, -0.05) is 11.6 Å². The molecule has 0 radical (unpaired) electrons. The summed E-state index contributed by atoms with van der Waals surface area (Å²) in [4.78, 5) is 0. The van der Waals surface area contributed by atoms with Crippen LogP contribution in [0.25, 0.3) is 11.3 Å². The molecular formula is C12H14ClN3O. The molecule has 0 bridgehead atoms. The monoisotopic (exact) mass is 251 g/mol. The zero-order valence-electron chi connectivity index (χ0n) is 9.75. The van der Waals surface area contributed by atoms with E-state index < -0.39 is 0 Å². The van der Waals surface area contributed by atoms with Gasteiger partial charge in [-0.25, -0.2) is 0 Å². The Morgan fingerprint density at radius 1 is 1.41 bits per heavy atom. The van der Waals surface area contributed by atoms with E-state index in [0.29, 0.717) is 11.6 Å². The third-order valence-corrected chi connectivity index (χ3v) is 2.79. The van der Waals surface area contributed by atoms with Crippen LogP contribution in [0.3, 0.4) is 0 Å². The molecule has 5 heteroatoms. The summed E-state index contributed by atoms with van der Waals surface area (Å²) in [5.41, 5.74) is 9.05. The number of nitrogens with zero attached hydrogens (tertiary/aromatic N) is 1. The van der Waals surface area contributed by atoms with Gasteiger partial charge in [0.05, 0.1) is 12.8 Å². The van der Waals surface area contributed by atoms with Crippen LogP contribution in [0.4, 0.5) is 0 Å². The van der Waals surface area contributed by atoms with E-state index in [1.54, 1.807) is 7.11 Å². The summed E-state index contributed by atoms with van der Waals surface area (Å²) >= 11 is 6.05. The van der Waals surface area contributed by atoms with Gasteiger partial charge in [-0.2, -0.15) is 5.10 Å². The first-order valence-corrected chi connectivity index (χ1v) is 5.62. The standard InChI is InChI=1S/C12H14ClN3O/c1-7-3-8(13)4-10(12(7)17-2)11-5-9(6-14)15-16-11/h3-5H,6,14H2,1-2H3,(H,15,16). The number of ether oxygens (including phenoxy) is 1. The Balaban J connectivity index is 2.57. The van der Waals surface area contributed by atoms with Gasteiger partial charge in [0.2, 0.25) is 0 Å². The van der Waals surface area contributed by atoms with Crippen molar-refractivity contribution >= 4 is 11.6 Å².